The number of halogens is 1. The first kappa shape index (κ1) is 18.7. The zero-order chi connectivity index (χ0) is 14.3. The van der Waals surface area contributed by atoms with Crippen LogP contribution in [0, 0.1) is 5.92 Å². The Labute approximate surface area is 128 Å². The third-order valence-corrected chi connectivity index (χ3v) is 3.39. The number of carbonyl (C=O) groups is 1. The van der Waals surface area contributed by atoms with Gasteiger partial charge in [0.05, 0.1) is 5.92 Å². The molecule has 3 nitrogen and oxygen atoms in total. The molecule has 1 aromatic carbocycles. The van der Waals surface area contributed by atoms with Gasteiger partial charge < -0.3 is 10.6 Å². The summed E-state index contributed by atoms with van der Waals surface area (Å²) in [6, 6.07) is 9.51. The molecule has 0 saturated heterocycles. The second-order valence-electron chi connectivity index (χ2n) is 4.92. The van der Waals surface area contributed by atoms with Crippen molar-refractivity contribution in [1.29, 1.82) is 0 Å². The van der Waals surface area contributed by atoms with Crippen LogP contribution in [0.5, 0.6) is 0 Å². The molecule has 1 aromatic rings. The van der Waals surface area contributed by atoms with Gasteiger partial charge in [-0.1, -0.05) is 43.3 Å². The van der Waals surface area contributed by atoms with Gasteiger partial charge in [-0.25, -0.2) is 0 Å². The van der Waals surface area contributed by atoms with E-state index in [1.807, 2.05) is 50.4 Å². The van der Waals surface area contributed by atoms with Gasteiger partial charge in [0.1, 0.15) is 0 Å². The molecule has 0 aliphatic rings. The molecule has 112 valence electrons. The predicted molar refractivity (Wildman–Crippen MR) is 86.9 cm³/mol. The lowest BCUT2D eigenvalue weighted by molar-refractivity contribution is -0.134. The van der Waals surface area contributed by atoms with Crippen molar-refractivity contribution in [2.75, 3.05) is 13.6 Å². The Hall–Kier alpha value is -1.32. The average Bonchev–Trinajstić information content (AvgIpc) is 2.46. The lowest BCUT2D eigenvalue weighted by atomic mass is 9.94. The Kier molecular flexibility index (Phi) is 8.93. The van der Waals surface area contributed by atoms with Gasteiger partial charge in [0.2, 0.25) is 5.91 Å². The number of rotatable bonds is 7. The van der Waals surface area contributed by atoms with Gasteiger partial charge in [0, 0.05) is 19.6 Å². The van der Waals surface area contributed by atoms with Crippen molar-refractivity contribution in [3.8, 4) is 0 Å². The quantitative estimate of drug-likeness (QED) is 0.620. The van der Waals surface area contributed by atoms with Crippen molar-refractivity contribution in [3.05, 3.63) is 48.6 Å². The molecule has 2 unspecified atom stereocenters. The van der Waals surface area contributed by atoms with Gasteiger partial charge in [-0.15, -0.1) is 19.0 Å². The zero-order valence-electron chi connectivity index (χ0n) is 12.3. The normalized spacial score (nSPS) is 12.9. The minimum Gasteiger partial charge on any atom is -0.345 e. The third kappa shape index (κ3) is 5.35. The van der Waals surface area contributed by atoms with E-state index in [-0.39, 0.29) is 30.3 Å². The summed E-state index contributed by atoms with van der Waals surface area (Å²) in [7, 11) is 1.83. The van der Waals surface area contributed by atoms with Crippen LogP contribution in [-0.4, -0.2) is 24.4 Å². The molecule has 0 aromatic heterocycles. The van der Waals surface area contributed by atoms with Crippen molar-refractivity contribution in [2.45, 2.75) is 25.8 Å². The fourth-order valence-electron chi connectivity index (χ4n) is 2.05. The molecule has 1 amide bonds. The van der Waals surface area contributed by atoms with Crippen molar-refractivity contribution >= 4 is 18.3 Å². The van der Waals surface area contributed by atoms with E-state index in [0.717, 1.165) is 24.9 Å². The molecule has 4 heteroatoms. The molecular formula is C16H25ClN2O. The molecule has 0 aliphatic heterocycles. The number of allylic oxidation sites excluding steroid dienone is 1. The van der Waals surface area contributed by atoms with Gasteiger partial charge in [-0.05, 0) is 18.4 Å². The summed E-state index contributed by atoms with van der Waals surface area (Å²) in [4.78, 5) is 14.0. The van der Waals surface area contributed by atoms with E-state index in [1.165, 1.54) is 0 Å². The van der Waals surface area contributed by atoms with Crippen LogP contribution in [0.2, 0.25) is 0 Å². The summed E-state index contributed by atoms with van der Waals surface area (Å²) < 4.78 is 0. The number of nitrogens with zero attached hydrogens (tertiary/aromatic N) is 1. The minimum atomic E-state index is -0.254. The van der Waals surface area contributed by atoms with Crippen LogP contribution in [0.15, 0.2) is 43.0 Å². The Morgan fingerprint density at radius 3 is 2.55 bits per heavy atom. The maximum atomic E-state index is 12.3. The molecule has 0 heterocycles. The largest absolute Gasteiger partial charge is 0.345 e. The molecule has 0 saturated carbocycles. The monoisotopic (exact) mass is 296 g/mol. The number of nitrogens with two attached hydrogens (primary N) is 1. The van der Waals surface area contributed by atoms with Crippen LogP contribution < -0.4 is 5.73 Å². The summed E-state index contributed by atoms with van der Waals surface area (Å²) in [6.07, 6.45) is 3.74. The Morgan fingerprint density at radius 1 is 1.40 bits per heavy atom. The van der Waals surface area contributed by atoms with Crippen LogP contribution in [0.25, 0.3) is 0 Å². The number of unbranched alkanes of at least 4 members (excludes halogenated alkanes) is 1. The highest BCUT2D eigenvalue weighted by Crippen LogP contribution is 2.20. The van der Waals surface area contributed by atoms with Crippen LogP contribution in [0.1, 0.15) is 31.4 Å². The lowest BCUT2D eigenvalue weighted by Crippen LogP contribution is -2.37. The molecular weight excluding hydrogens is 272 g/mol. The van der Waals surface area contributed by atoms with Crippen LogP contribution >= 0.6 is 12.4 Å². The van der Waals surface area contributed by atoms with Crippen molar-refractivity contribution in [3.63, 3.8) is 0 Å². The molecule has 2 atom stereocenters. The Morgan fingerprint density at radius 2 is 2.00 bits per heavy atom. The van der Waals surface area contributed by atoms with Crippen molar-refractivity contribution in [2.24, 2.45) is 11.7 Å². The van der Waals surface area contributed by atoms with Crippen LogP contribution in [0.4, 0.5) is 0 Å². The SMILES string of the molecule is C=CCCCN(C)C(=O)C(C)C(N)c1ccccc1.Cl. The first-order chi connectivity index (χ1) is 9.07. The van der Waals surface area contributed by atoms with Gasteiger partial charge >= 0.3 is 0 Å². The second-order valence-corrected chi connectivity index (χ2v) is 4.92. The van der Waals surface area contributed by atoms with E-state index >= 15 is 0 Å². The first-order valence-corrected chi connectivity index (χ1v) is 6.74. The third-order valence-electron chi connectivity index (χ3n) is 3.39. The molecule has 0 fully saturated rings. The summed E-state index contributed by atoms with van der Waals surface area (Å²) in [5.41, 5.74) is 7.17. The highest BCUT2D eigenvalue weighted by molar-refractivity contribution is 5.85. The van der Waals surface area contributed by atoms with Gasteiger partial charge in [-0.2, -0.15) is 0 Å². The summed E-state index contributed by atoms with van der Waals surface area (Å²) in [5, 5.41) is 0. The fourth-order valence-corrected chi connectivity index (χ4v) is 2.05. The molecule has 1 rings (SSSR count). The second kappa shape index (κ2) is 9.56. The molecule has 0 radical (unpaired) electrons. The van der Waals surface area contributed by atoms with Crippen molar-refractivity contribution in [1.82, 2.24) is 4.90 Å². The maximum absolute atomic E-state index is 12.3. The van der Waals surface area contributed by atoms with E-state index < -0.39 is 0 Å². The summed E-state index contributed by atoms with van der Waals surface area (Å²) in [6.45, 7) is 6.32. The standard InChI is InChI=1S/C16H24N2O.ClH/c1-4-5-9-12-18(3)16(19)13(2)15(17)14-10-7-6-8-11-14;/h4,6-8,10-11,13,15H,1,5,9,12,17H2,2-3H3;1H. The van der Waals surface area contributed by atoms with Gasteiger partial charge in [0.15, 0.2) is 0 Å². The number of amides is 1. The average molecular weight is 297 g/mol. The fraction of sp³-hybridized carbons (Fsp3) is 0.438. The number of hydrogen-bond donors (Lipinski definition) is 1. The molecule has 20 heavy (non-hydrogen) atoms. The van der Waals surface area contributed by atoms with Crippen LogP contribution in [0.3, 0.4) is 0 Å². The van der Waals surface area contributed by atoms with E-state index in [9.17, 15) is 4.79 Å². The smallest absolute Gasteiger partial charge is 0.227 e. The molecule has 0 bridgehead atoms. The lowest BCUT2D eigenvalue weighted by Gasteiger charge is -2.25. The van der Waals surface area contributed by atoms with Crippen molar-refractivity contribution < 1.29 is 4.79 Å². The summed E-state index contributed by atoms with van der Waals surface area (Å²) in [5.74, 6) is -0.114. The van der Waals surface area contributed by atoms with E-state index in [1.54, 1.807) is 4.90 Å². The Bertz CT molecular complexity index is 408. The first-order valence-electron chi connectivity index (χ1n) is 6.74. The van der Waals surface area contributed by atoms with Crippen LogP contribution in [-0.2, 0) is 4.79 Å². The minimum absolute atomic E-state index is 0. The highest BCUT2D eigenvalue weighted by atomic mass is 35.5. The molecule has 2 N–H and O–H groups in total. The number of carbonyl (C=O) groups excluding carboxylic acids is 1. The Balaban J connectivity index is 0.00000361. The summed E-state index contributed by atoms with van der Waals surface area (Å²) >= 11 is 0. The van der Waals surface area contributed by atoms with E-state index in [4.69, 9.17) is 5.73 Å². The maximum Gasteiger partial charge on any atom is 0.227 e. The number of benzene rings is 1. The highest BCUT2D eigenvalue weighted by Gasteiger charge is 2.24. The van der Waals surface area contributed by atoms with E-state index in [0.29, 0.717) is 0 Å². The number of hydrogen-bond acceptors (Lipinski definition) is 2. The predicted octanol–water partition coefficient (Wildman–Crippen LogP) is 3.17. The molecule has 0 spiro atoms. The zero-order valence-corrected chi connectivity index (χ0v) is 13.1. The van der Waals surface area contributed by atoms with Gasteiger partial charge in [0.25, 0.3) is 0 Å². The topological polar surface area (TPSA) is 46.3 Å². The van der Waals surface area contributed by atoms with Gasteiger partial charge in [-0.3, -0.25) is 4.79 Å². The van der Waals surface area contributed by atoms with E-state index in [2.05, 4.69) is 6.58 Å². The molecule has 0 aliphatic carbocycles.